The molecule has 1 N–H and O–H groups in total. The monoisotopic (exact) mass is 517 g/mol. The average Bonchev–Trinajstić information content (AvgIpc) is 2.96. The molecule has 0 fully saturated rings. The number of carbonyl (C=O) groups excluding carboxylic acids is 1. The molecule has 0 aromatic heterocycles. The molecule has 1 atom stereocenters. The number of hydrogen-bond acceptors (Lipinski definition) is 4. The molecule has 0 aliphatic rings. The van der Waals surface area contributed by atoms with Crippen LogP contribution in [0.3, 0.4) is 0 Å². The molecule has 0 aliphatic heterocycles. The second-order valence-corrected chi connectivity index (χ2v) is 9.55. The maximum atomic E-state index is 13.4. The Bertz CT molecular complexity index is 1090. The van der Waals surface area contributed by atoms with Gasteiger partial charge in [0, 0.05) is 19.1 Å². The van der Waals surface area contributed by atoms with Gasteiger partial charge in [0.1, 0.15) is 6.61 Å². The van der Waals surface area contributed by atoms with Gasteiger partial charge in [0.25, 0.3) is 0 Å². The Kier molecular flexibility index (Phi) is 12.0. The van der Waals surface area contributed by atoms with Crippen LogP contribution >= 0.6 is 0 Å². The SMILES string of the molecule is CCN(CC)CCCC(C)N(Cc1ccc(OC)c(OCc2ccccc2)c1)C(=O)NCc1ccccc1. The molecule has 3 rings (SSSR count). The van der Waals surface area contributed by atoms with E-state index in [1.807, 2.05) is 83.8 Å². The molecule has 0 saturated heterocycles. The van der Waals surface area contributed by atoms with Crippen molar-refractivity contribution in [1.82, 2.24) is 15.1 Å². The van der Waals surface area contributed by atoms with Crippen molar-refractivity contribution in [3.8, 4) is 11.5 Å². The maximum absolute atomic E-state index is 13.4. The first-order valence-electron chi connectivity index (χ1n) is 13.7. The first kappa shape index (κ1) is 29.1. The lowest BCUT2D eigenvalue weighted by Gasteiger charge is -2.30. The van der Waals surface area contributed by atoms with Gasteiger partial charge in [-0.25, -0.2) is 4.79 Å². The third kappa shape index (κ3) is 9.10. The van der Waals surface area contributed by atoms with Gasteiger partial charge in [0.15, 0.2) is 11.5 Å². The van der Waals surface area contributed by atoms with Crippen molar-refractivity contribution in [3.63, 3.8) is 0 Å². The molecule has 38 heavy (non-hydrogen) atoms. The Labute approximate surface area is 228 Å². The van der Waals surface area contributed by atoms with Crippen molar-refractivity contribution < 1.29 is 14.3 Å². The summed E-state index contributed by atoms with van der Waals surface area (Å²) in [7, 11) is 1.64. The summed E-state index contributed by atoms with van der Waals surface area (Å²) in [6.45, 7) is 11.1. The zero-order valence-corrected chi connectivity index (χ0v) is 23.4. The molecule has 2 amide bonds. The highest BCUT2D eigenvalue weighted by Crippen LogP contribution is 2.30. The standard InChI is InChI=1S/C32H43N3O3/c1-5-34(6-2)21-13-14-26(3)35(32(36)33-23-27-15-9-7-10-16-27)24-29-19-20-30(37-4)31(22-29)38-25-28-17-11-8-12-18-28/h7-12,15-20,22,26H,5-6,13-14,21,23-25H2,1-4H3,(H,33,36). The number of carbonyl (C=O) groups is 1. The molecular weight excluding hydrogens is 474 g/mol. The normalized spacial score (nSPS) is 11.7. The Morgan fingerprint density at radius 2 is 1.53 bits per heavy atom. The summed E-state index contributed by atoms with van der Waals surface area (Å²) in [5.41, 5.74) is 3.17. The van der Waals surface area contributed by atoms with Crippen LogP contribution in [-0.2, 0) is 19.7 Å². The summed E-state index contributed by atoms with van der Waals surface area (Å²) < 4.78 is 11.7. The van der Waals surface area contributed by atoms with Crippen LogP contribution in [0.4, 0.5) is 4.79 Å². The molecule has 6 nitrogen and oxygen atoms in total. The van der Waals surface area contributed by atoms with Gasteiger partial charge in [-0.3, -0.25) is 0 Å². The van der Waals surface area contributed by atoms with Crippen LogP contribution in [0.25, 0.3) is 0 Å². The van der Waals surface area contributed by atoms with Crippen LogP contribution in [-0.4, -0.2) is 48.6 Å². The van der Waals surface area contributed by atoms with Crippen molar-refractivity contribution in [1.29, 1.82) is 0 Å². The van der Waals surface area contributed by atoms with E-state index in [0.717, 1.165) is 49.2 Å². The number of urea groups is 1. The summed E-state index contributed by atoms with van der Waals surface area (Å²) in [5.74, 6) is 1.35. The van der Waals surface area contributed by atoms with E-state index in [2.05, 4.69) is 31.0 Å². The number of hydrogen-bond donors (Lipinski definition) is 1. The second kappa shape index (κ2) is 15.7. The van der Waals surface area contributed by atoms with E-state index in [1.165, 1.54) is 0 Å². The van der Waals surface area contributed by atoms with E-state index in [9.17, 15) is 4.79 Å². The highest BCUT2D eigenvalue weighted by Gasteiger charge is 2.21. The molecule has 0 radical (unpaired) electrons. The molecular formula is C32H43N3O3. The average molecular weight is 518 g/mol. The Morgan fingerprint density at radius 3 is 2.16 bits per heavy atom. The predicted molar refractivity (Wildman–Crippen MR) is 154 cm³/mol. The van der Waals surface area contributed by atoms with Gasteiger partial charge in [-0.2, -0.15) is 0 Å². The summed E-state index contributed by atoms with van der Waals surface area (Å²) >= 11 is 0. The Morgan fingerprint density at radius 1 is 0.868 bits per heavy atom. The number of rotatable bonds is 15. The molecule has 0 bridgehead atoms. The van der Waals surface area contributed by atoms with E-state index < -0.39 is 0 Å². The second-order valence-electron chi connectivity index (χ2n) is 9.55. The van der Waals surface area contributed by atoms with Crippen LogP contribution < -0.4 is 14.8 Å². The zero-order valence-electron chi connectivity index (χ0n) is 23.4. The summed E-state index contributed by atoms with van der Waals surface area (Å²) in [6, 6.07) is 26.0. The number of amides is 2. The Hall–Kier alpha value is -3.51. The van der Waals surface area contributed by atoms with Crippen molar-refractivity contribution >= 4 is 6.03 Å². The van der Waals surface area contributed by atoms with Gasteiger partial charge in [0.05, 0.1) is 7.11 Å². The van der Waals surface area contributed by atoms with Crippen molar-refractivity contribution in [2.45, 2.75) is 59.4 Å². The molecule has 0 saturated carbocycles. The van der Waals surface area contributed by atoms with Crippen LogP contribution in [0.5, 0.6) is 11.5 Å². The minimum Gasteiger partial charge on any atom is -0.493 e. The number of nitrogens with one attached hydrogen (secondary N) is 1. The first-order chi connectivity index (χ1) is 18.5. The largest absolute Gasteiger partial charge is 0.493 e. The summed E-state index contributed by atoms with van der Waals surface area (Å²) in [4.78, 5) is 17.8. The summed E-state index contributed by atoms with van der Waals surface area (Å²) in [5, 5.41) is 3.13. The zero-order chi connectivity index (χ0) is 27.2. The minimum atomic E-state index is -0.0632. The molecule has 1 unspecified atom stereocenters. The smallest absolute Gasteiger partial charge is 0.318 e. The lowest BCUT2D eigenvalue weighted by atomic mass is 10.1. The van der Waals surface area contributed by atoms with E-state index in [1.54, 1.807) is 7.11 Å². The first-order valence-corrected chi connectivity index (χ1v) is 13.7. The number of benzene rings is 3. The van der Waals surface area contributed by atoms with Crippen molar-refractivity contribution in [2.24, 2.45) is 0 Å². The molecule has 0 spiro atoms. The topological polar surface area (TPSA) is 54.0 Å². The molecule has 6 heteroatoms. The van der Waals surface area contributed by atoms with Gasteiger partial charge in [-0.05, 0) is 68.2 Å². The minimum absolute atomic E-state index is 0.0632. The van der Waals surface area contributed by atoms with Crippen molar-refractivity contribution in [2.75, 3.05) is 26.7 Å². The predicted octanol–water partition coefficient (Wildman–Crippen LogP) is 6.50. The van der Waals surface area contributed by atoms with Crippen LogP contribution in [0.1, 0.15) is 50.3 Å². The van der Waals surface area contributed by atoms with Gasteiger partial charge in [0.2, 0.25) is 0 Å². The number of ether oxygens (including phenoxy) is 2. The van der Waals surface area contributed by atoms with Gasteiger partial charge in [-0.15, -0.1) is 0 Å². The van der Waals surface area contributed by atoms with E-state index in [-0.39, 0.29) is 12.1 Å². The quantitative estimate of drug-likeness (QED) is 0.250. The number of nitrogens with zero attached hydrogens (tertiary/aromatic N) is 2. The molecule has 3 aromatic carbocycles. The van der Waals surface area contributed by atoms with Crippen molar-refractivity contribution in [3.05, 3.63) is 95.6 Å². The van der Waals surface area contributed by atoms with E-state index in [0.29, 0.717) is 31.2 Å². The van der Waals surface area contributed by atoms with E-state index >= 15 is 0 Å². The summed E-state index contributed by atoms with van der Waals surface area (Å²) in [6.07, 6.45) is 1.97. The number of methoxy groups -OCH3 is 1. The Balaban J connectivity index is 1.73. The third-order valence-electron chi connectivity index (χ3n) is 6.89. The molecule has 204 valence electrons. The fraction of sp³-hybridized carbons (Fsp3) is 0.406. The molecule has 0 heterocycles. The fourth-order valence-electron chi connectivity index (χ4n) is 4.47. The lowest BCUT2D eigenvalue weighted by molar-refractivity contribution is 0.167. The van der Waals surface area contributed by atoms with E-state index in [4.69, 9.17) is 9.47 Å². The third-order valence-corrected chi connectivity index (χ3v) is 6.89. The van der Waals surface area contributed by atoms with Crippen LogP contribution in [0.2, 0.25) is 0 Å². The van der Waals surface area contributed by atoms with Gasteiger partial charge in [-0.1, -0.05) is 80.6 Å². The van der Waals surface area contributed by atoms with Crippen LogP contribution in [0.15, 0.2) is 78.9 Å². The van der Waals surface area contributed by atoms with Crippen LogP contribution in [0, 0.1) is 0 Å². The van der Waals surface area contributed by atoms with Gasteiger partial charge < -0.3 is 24.6 Å². The highest BCUT2D eigenvalue weighted by molar-refractivity contribution is 5.74. The van der Waals surface area contributed by atoms with Gasteiger partial charge >= 0.3 is 6.03 Å². The lowest BCUT2D eigenvalue weighted by Crippen LogP contribution is -2.44. The molecule has 3 aromatic rings. The maximum Gasteiger partial charge on any atom is 0.318 e. The molecule has 0 aliphatic carbocycles. The highest BCUT2D eigenvalue weighted by atomic mass is 16.5. The fourth-order valence-corrected chi connectivity index (χ4v) is 4.47.